The third-order valence-corrected chi connectivity index (χ3v) is 3.57. The van der Waals surface area contributed by atoms with Gasteiger partial charge in [0, 0.05) is 17.6 Å². The van der Waals surface area contributed by atoms with E-state index in [4.69, 9.17) is 5.73 Å². The molecule has 0 saturated heterocycles. The molecule has 0 bridgehead atoms. The average Bonchev–Trinajstić information content (AvgIpc) is 2.78. The third-order valence-electron chi connectivity index (χ3n) is 2.62. The lowest BCUT2D eigenvalue weighted by Crippen LogP contribution is -1.86. The highest BCUT2D eigenvalue weighted by molar-refractivity contribution is 7.98. The van der Waals surface area contributed by atoms with E-state index in [1.807, 2.05) is 18.2 Å². The Bertz CT molecular complexity index is 725. The summed E-state index contributed by atoms with van der Waals surface area (Å²) in [5.74, 6) is 0.288. The lowest BCUT2D eigenvalue weighted by atomic mass is 10.3. The lowest BCUT2D eigenvalue weighted by molar-refractivity contribution is 0.619. The molecule has 6 heteroatoms. The number of nitrogen functional groups attached to an aromatic ring is 1. The number of pyridine rings is 1. The summed E-state index contributed by atoms with van der Waals surface area (Å²) in [5.41, 5.74) is 9.00. The van der Waals surface area contributed by atoms with Crippen LogP contribution in [0.25, 0.3) is 11.0 Å². The maximum absolute atomic E-state index is 13.0. The van der Waals surface area contributed by atoms with Gasteiger partial charge in [0.25, 0.3) is 0 Å². The van der Waals surface area contributed by atoms with Crippen LogP contribution in [0.15, 0.2) is 41.8 Å². The number of halogens is 1. The molecule has 3 N–H and O–H groups in total. The Morgan fingerprint density at radius 1 is 1.26 bits per heavy atom. The number of anilines is 1. The zero-order chi connectivity index (χ0) is 13.2. The quantitative estimate of drug-likeness (QED) is 0.569. The Labute approximate surface area is 113 Å². The van der Waals surface area contributed by atoms with Gasteiger partial charge in [0.1, 0.15) is 5.82 Å². The summed E-state index contributed by atoms with van der Waals surface area (Å²) >= 11 is 1.50. The number of rotatable bonds is 3. The molecule has 0 spiro atoms. The molecule has 19 heavy (non-hydrogen) atoms. The Balaban J connectivity index is 1.78. The molecule has 4 nitrogen and oxygen atoms in total. The first kappa shape index (κ1) is 12.0. The molecule has 0 saturated carbocycles. The lowest BCUT2D eigenvalue weighted by Gasteiger charge is -1.98. The van der Waals surface area contributed by atoms with Crippen LogP contribution in [0.1, 0.15) is 5.56 Å². The van der Waals surface area contributed by atoms with Crippen LogP contribution in [0.3, 0.4) is 0 Å². The molecule has 0 amide bonds. The number of H-pyrrole nitrogens is 1. The van der Waals surface area contributed by atoms with Crippen LogP contribution in [0, 0.1) is 5.82 Å². The maximum Gasteiger partial charge on any atom is 0.166 e. The van der Waals surface area contributed by atoms with E-state index in [0.29, 0.717) is 11.4 Å². The van der Waals surface area contributed by atoms with Gasteiger partial charge in [0.15, 0.2) is 5.16 Å². The molecule has 0 atom stereocenters. The van der Waals surface area contributed by atoms with Crippen LogP contribution in [-0.2, 0) is 5.75 Å². The molecule has 3 rings (SSSR count). The number of nitrogens with zero attached hydrogens (tertiary/aromatic N) is 2. The third kappa shape index (κ3) is 2.68. The normalized spacial score (nSPS) is 11.0. The van der Waals surface area contributed by atoms with Crippen molar-refractivity contribution in [3.8, 4) is 0 Å². The molecule has 2 heterocycles. The second-order valence-electron chi connectivity index (χ2n) is 4.12. The van der Waals surface area contributed by atoms with Gasteiger partial charge in [-0.25, -0.2) is 9.37 Å². The molecular formula is C13H11FN4S. The molecule has 3 aromatic rings. The molecule has 0 aliphatic heterocycles. The van der Waals surface area contributed by atoms with E-state index < -0.39 is 0 Å². The van der Waals surface area contributed by atoms with Crippen molar-refractivity contribution in [3.63, 3.8) is 0 Å². The van der Waals surface area contributed by atoms with Gasteiger partial charge in [-0.05, 0) is 29.8 Å². The molecule has 2 aromatic heterocycles. The number of aromatic nitrogens is 3. The van der Waals surface area contributed by atoms with Gasteiger partial charge in [-0.1, -0.05) is 11.8 Å². The molecular weight excluding hydrogens is 263 g/mol. The summed E-state index contributed by atoms with van der Waals surface area (Å²) in [6.45, 7) is 0. The average molecular weight is 274 g/mol. The Morgan fingerprint density at radius 2 is 2.16 bits per heavy atom. The summed E-state index contributed by atoms with van der Waals surface area (Å²) in [6.07, 6.45) is 2.84. The van der Waals surface area contributed by atoms with Crippen molar-refractivity contribution >= 4 is 28.5 Å². The molecule has 0 fully saturated rings. The predicted octanol–water partition coefficient (Wildman–Crippen LogP) is 2.97. The molecule has 0 aliphatic rings. The van der Waals surface area contributed by atoms with E-state index in [1.165, 1.54) is 24.0 Å². The summed E-state index contributed by atoms with van der Waals surface area (Å²) in [5, 5.41) is 0.782. The van der Waals surface area contributed by atoms with Gasteiger partial charge in [-0.2, -0.15) is 0 Å². The van der Waals surface area contributed by atoms with E-state index in [1.54, 1.807) is 6.20 Å². The molecule has 0 aliphatic carbocycles. The summed E-state index contributed by atoms with van der Waals surface area (Å²) in [7, 11) is 0. The highest BCUT2D eigenvalue weighted by Gasteiger charge is 2.04. The standard InChI is InChI=1S/C13H11FN4S/c14-9-3-8(5-16-6-9)7-19-13-17-11-2-1-10(15)4-12(11)18-13/h1-6H,7,15H2,(H,17,18). The first-order valence-electron chi connectivity index (χ1n) is 5.68. The number of imidazole rings is 1. The number of fused-ring (bicyclic) bond motifs is 1. The van der Waals surface area contributed by atoms with E-state index in [9.17, 15) is 4.39 Å². The smallest absolute Gasteiger partial charge is 0.166 e. The molecule has 0 radical (unpaired) electrons. The Hall–Kier alpha value is -2.08. The largest absolute Gasteiger partial charge is 0.399 e. The number of thioether (sulfide) groups is 1. The number of aromatic amines is 1. The monoisotopic (exact) mass is 274 g/mol. The number of benzene rings is 1. The van der Waals surface area contributed by atoms with Gasteiger partial charge < -0.3 is 10.7 Å². The van der Waals surface area contributed by atoms with Crippen molar-refractivity contribution in [1.29, 1.82) is 0 Å². The van der Waals surface area contributed by atoms with Crippen molar-refractivity contribution in [1.82, 2.24) is 15.0 Å². The van der Waals surface area contributed by atoms with Crippen molar-refractivity contribution in [2.45, 2.75) is 10.9 Å². The van der Waals surface area contributed by atoms with Crippen LogP contribution in [0.5, 0.6) is 0 Å². The van der Waals surface area contributed by atoms with E-state index in [-0.39, 0.29) is 5.82 Å². The fourth-order valence-corrected chi connectivity index (χ4v) is 2.56. The second kappa shape index (κ2) is 4.89. The van der Waals surface area contributed by atoms with Crippen LogP contribution < -0.4 is 5.73 Å². The number of nitrogens with one attached hydrogen (secondary N) is 1. The van der Waals surface area contributed by atoms with Crippen LogP contribution >= 0.6 is 11.8 Å². The Kier molecular flexibility index (Phi) is 3.08. The minimum atomic E-state index is -0.324. The van der Waals surface area contributed by atoms with E-state index >= 15 is 0 Å². The van der Waals surface area contributed by atoms with Gasteiger partial charge >= 0.3 is 0 Å². The fourth-order valence-electron chi connectivity index (χ4n) is 1.76. The number of nitrogens with two attached hydrogens (primary N) is 1. The van der Waals surface area contributed by atoms with E-state index in [0.717, 1.165) is 21.8 Å². The zero-order valence-electron chi connectivity index (χ0n) is 9.93. The van der Waals surface area contributed by atoms with Crippen LogP contribution in [-0.4, -0.2) is 15.0 Å². The summed E-state index contributed by atoms with van der Waals surface area (Å²) in [4.78, 5) is 11.4. The molecule has 1 aromatic carbocycles. The number of hydrogen-bond acceptors (Lipinski definition) is 4. The van der Waals surface area contributed by atoms with Gasteiger partial charge in [0.05, 0.1) is 17.2 Å². The first-order valence-corrected chi connectivity index (χ1v) is 6.67. The topological polar surface area (TPSA) is 67.6 Å². The summed E-state index contributed by atoms with van der Waals surface area (Å²) in [6, 6.07) is 7.00. The maximum atomic E-state index is 13.0. The van der Waals surface area contributed by atoms with Crippen molar-refractivity contribution in [3.05, 3.63) is 48.0 Å². The van der Waals surface area contributed by atoms with Crippen LogP contribution in [0.4, 0.5) is 10.1 Å². The highest BCUT2D eigenvalue weighted by Crippen LogP contribution is 2.24. The molecule has 96 valence electrons. The SMILES string of the molecule is Nc1ccc2nc(SCc3cncc(F)c3)[nH]c2c1. The zero-order valence-corrected chi connectivity index (χ0v) is 10.7. The predicted molar refractivity (Wildman–Crippen MR) is 74.3 cm³/mol. The number of hydrogen-bond donors (Lipinski definition) is 2. The van der Waals surface area contributed by atoms with Gasteiger partial charge in [0.2, 0.25) is 0 Å². The van der Waals surface area contributed by atoms with Gasteiger partial charge in [-0.3, -0.25) is 4.98 Å². The minimum Gasteiger partial charge on any atom is -0.399 e. The second-order valence-corrected chi connectivity index (χ2v) is 5.08. The first-order chi connectivity index (χ1) is 9.20. The fraction of sp³-hybridized carbons (Fsp3) is 0.0769. The van der Waals surface area contributed by atoms with Gasteiger partial charge in [-0.15, -0.1) is 0 Å². The Morgan fingerprint density at radius 3 is 3.00 bits per heavy atom. The highest BCUT2D eigenvalue weighted by atomic mass is 32.2. The van der Waals surface area contributed by atoms with E-state index in [2.05, 4.69) is 15.0 Å². The van der Waals surface area contributed by atoms with Crippen molar-refractivity contribution < 1.29 is 4.39 Å². The van der Waals surface area contributed by atoms with Crippen molar-refractivity contribution in [2.75, 3.05) is 5.73 Å². The molecule has 0 unspecified atom stereocenters. The van der Waals surface area contributed by atoms with Crippen LogP contribution in [0.2, 0.25) is 0 Å². The minimum absolute atomic E-state index is 0.324. The summed E-state index contributed by atoms with van der Waals surface area (Å²) < 4.78 is 13.0. The van der Waals surface area contributed by atoms with Crippen molar-refractivity contribution in [2.24, 2.45) is 0 Å².